The Morgan fingerprint density at radius 1 is 1.88 bits per heavy atom. The number of hydrogen-bond acceptors (Lipinski definition) is 2. The standard InChI is InChI=1S/C5H9FN2/c1-4-7-5(6)3-8(4)2/h3-4,7H,1-2H3. The molecule has 0 aliphatic carbocycles. The van der Waals surface area contributed by atoms with E-state index in [1.807, 2.05) is 14.0 Å². The Morgan fingerprint density at radius 2 is 2.50 bits per heavy atom. The quantitative estimate of drug-likeness (QED) is 0.467. The molecule has 0 radical (unpaired) electrons. The maximum absolute atomic E-state index is 12.1. The summed E-state index contributed by atoms with van der Waals surface area (Å²) in [6.45, 7) is 1.89. The third-order valence-electron chi connectivity index (χ3n) is 1.27. The molecule has 46 valence electrons. The lowest BCUT2D eigenvalue weighted by atomic mass is 10.6. The van der Waals surface area contributed by atoms with Crippen molar-refractivity contribution in [2.24, 2.45) is 0 Å². The van der Waals surface area contributed by atoms with Crippen LogP contribution < -0.4 is 5.32 Å². The Labute approximate surface area is 48.0 Å². The molecule has 1 aliphatic rings. The van der Waals surface area contributed by atoms with Crippen LogP contribution in [0.1, 0.15) is 6.92 Å². The molecule has 0 aromatic carbocycles. The maximum Gasteiger partial charge on any atom is 0.204 e. The highest BCUT2D eigenvalue weighted by molar-refractivity contribution is 4.97. The summed E-state index contributed by atoms with van der Waals surface area (Å²) in [4.78, 5) is 1.77. The van der Waals surface area contributed by atoms with Gasteiger partial charge in [0.2, 0.25) is 5.95 Å². The molecule has 0 aromatic heterocycles. The van der Waals surface area contributed by atoms with Crippen LogP contribution in [0.25, 0.3) is 0 Å². The van der Waals surface area contributed by atoms with E-state index in [4.69, 9.17) is 0 Å². The monoisotopic (exact) mass is 116 g/mol. The van der Waals surface area contributed by atoms with E-state index in [-0.39, 0.29) is 12.1 Å². The third kappa shape index (κ3) is 0.757. The van der Waals surface area contributed by atoms with E-state index < -0.39 is 0 Å². The van der Waals surface area contributed by atoms with Crippen LogP contribution in [-0.4, -0.2) is 18.1 Å². The Balaban J connectivity index is 2.56. The summed E-state index contributed by atoms with van der Waals surface area (Å²) in [6, 6.07) is 0. The summed E-state index contributed by atoms with van der Waals surface area (Å²) in [7, 11) is 1.82. The Hall–Kier alpha value is -0.730. The highest BCUT2D eigenvalue weighted by Gasteiger charge is 2.13. The van der Waals surface area contributed by atoms with Gasteiger partial charge in [-0.3, -0.25) is 0 Å². The Kier molecular flexibility index (Phi) is 1.12. The third-order valence-corrected chi connectivity index (χ3v) is 1.27. The molecule has 1 unspecified atom stereocenters. The van der Waals surface area contributed by atoms with Crippen LogP contribution in [0.15, 0.2) is 12.2 Å². The normalized spacial score (nSPS) is 27.6. The molecule has 1 heterocycles. The summed E-state index contributed by atoms with van der Waals surface area (Å²) < 4.78 is 12.1. The minimum atomic E-state index is -0.250. The van der Waals surface area contributed by atoms with Crippen LogP contribution in [0, 0.1) is 0 Å². The van der Waals surface area contributed by atoms with Crippen molar-refractivity contribution < 1.29 is 4.39 Å². The second kappa shape index (κ2) is 1.65. The van der Waals surface area contributed by atoms with Gasteiger partial charge in [-0.1, -0.05) is 0 Å². The SMILES string of the molecule is CC1NC(F)=CN1C. The smallest absolute Gasteiger partial charge is 0.204 e. The molecular formula is C5H9FN2. The molecule has 0 amide bonds. The molecule has 0 saturated carbocycles. The van der Waals surface area contributed by atoms with E-state index >= 15 is 0 Å². The van der Waals surface area contributed by atoms with E-state index in [2.05, 4.69) is 5.32 Å². The molecule has 2 nitrogen and oxygen atoms in total. The van der Waals surface area contributed by atoms with Gasteiger partial charge in [0.05, 0.1) is 12.4 Å². The van der Waals surface area contributed by atoms with Crippen molar-refractivity contribution in [1.82, 2.24) is 10.2 Å². The predicted molar refractivity (Wildman–Crippen MR) is 29.6 cm³/mol. The number of hydrogen-bond donors (Lipinski definition) is 1. The highest BCUT2D eigenvalue weighted by Crippen LogP contribution is 2.06. The predicted octanol–water partition coefficient (Wildman–Crippen LogP) is 0.636. The maximum atomic E-state index is 12.1. The lowest BCUT2D eigenvalue weighted by Gasteiger charge is -2.14. The molecule has 1 aliphatic heterocycles. The summed E-state index contributed by atoms with van der Waals surface area (Å²) in [5, 5.41) is 2.59. The first-order valence-electron chi connectivity index (χ1n) is 2.56. The first-order valence-corrected chi connectivity index (χ1v) is 2.56. The minimum absolute atomic E-state index is 0.106. The van der Waals surface area contributed by atoms with E-state index in [1.165, 1.54) is 6.20 Å². The zero-order chi connectivity index (χ0) is 6.15. The molecule has 8 heavy (non-hydrogen) atoms. The minimum Gasteiger partial charge on any atom is -0.357 e. The van der Waals surface area contributed by atoms with Gasteiger partial charge in [0, 0.05) is 7.05 Å². The first-order chi connectivity index (χ1) is 3.70. The Morgan fingerprint density at radius 3 is 2.62 bits per heavy atom. The van der Waals surface area contributed by atoms with Gasteiger partial charge >= 0.3 is 0 Å². The molecule has 1 N–H and O–H groups in total. The molecule has 0 spiro atoms. The van der Waals surface area contributed by atoms with Crippen molar-refractivity contribution in [3.05, 3.63) is 12.2 Å². The van der Waals surface area contributed by atoms with Gasteiger partial charge in [-0.15, -0.1) is 0 Å². The van der Waals surface area contributed by atoms with Gasteiger partial charge in [-0.25, -0.2) is 0 Å². The first kappa shape index (κ1) is 5.41. The zero-order valence-electron chi connectivity index (χ0n) is 4.98. The van der Waals surface area contributed by atoms with Crippen molar-refractivity contribution in [3.63, 3.8) is 0 Å². The second-order valence-corrected chi connectivity index (χ2v) is 1.96. The van der Waals surface area contributed by atoms with Gasteiger partial charge in [0.1, 0.15) is 0 Å². The number of nitrogens with one attached hydrogen (secondary N) is 1. The summed E-state index contributed by atoms with van der Waals surface area (Å²) in [6.07, 6.45) is 1.54. The molecule has 0 saturated heterocycles. The number of halogens is 1. The van der Waals surface area contributed by atoms with Crippen LogP contribution in [0.4, 0.5) is 4.39 Å². The van der Waals surface area contributed by atoms with E-state index in [9.17, 15) is 4.39 Å². The van der Waals surface area contributed by atoms with Crippen molar-refractivity contribution in [3.8, 4) is 0 Å². The van der Waals surface area contributed by atoms with Gasteiger partial charge in [0.15, 0.2) is 0 Å². The van der Waals surface area contributed by atoms with Crippen LogP contribution in [-0.2, 0) is 0 Å². The zero-order valence-corrected chi connectivity index (χ0v) is 4.98. The molecule has 0 aromatic rings. The summed E-state index contributed by atoms with van der Waals surface area (Å²) >= 11 is 0. The largest absolute Gasteiger partial charge is 0.357 e. The Bertz CT molecular complexity index is 122. The molecular weight excluding hydrogens is 107 g/mol. The fourth-order valence-electron chi connectivity index (χ4n) is 0.629. The fourth-order valence-corrected chi connectivity index (χ4v) is 0.629. The lowest BCUT2D eigenvalue weighted by molar-refractivity contribution is 0.347. The van der Waals surface area contributed by atoms with Crippen molar-refractivity contribution in [1.29, 1.82) is 0 Å². The van der Waals surface area contributed by atoms with E-state index in [0.29, 0.717) is 0 Å². The average Bonchev–Trinajstić information content (AvgIpc) is 1.85. The molecule has 1 rings (SSSR count). The van der Waals surface area contributed by atoms with Crippen LogP contribution in [0.5, 0.6) is 0 Å². The number of rotatable bonds is 0. The fraction of sp³-hybridized carbons (Fsp3) is 0.600. The second-order valence-electron chi connectivity index (χ2n) is 1.96. The van der Waals surface area contributed by atoms with Gasteiger partial charge in [-0.05, 0) is 6.92 Å². The van der Waals surface area contributed by atoms with Crippen LogP contribution >= 0.6 is 0 Å². The van der Waals surface area contributed by atoms with Crippen molar-refractivity contribution in [2.45, 2.75) is 13.1 Å². The molecule has 0 bridgehead atoms. The number of nitrogens with zero attached hydrogens (tertiary/aromatic N) is 1. The van der Waals surface area contributed by atoms with Crippen molar-refractivity contribution >= 4 is 0 Å². The van der Waals surface area contributed by atoms with Gasteiger partial charge in [0.25, 0.3) is 0 Å². The highest BCUT2D eigenvalue weighted by atomic mass is 19.1. The van der Waals surface area contributed by atoms with Crippen LogP contribution in [0.3, 0.4) is 0 Å². The lowest BCUT2D eigenvalue weighted by Crippen LogP contribution is -2.29. The average molecular weight is 116 g/mol. The van der Waals surface area contributed by atoms with E-state index in [1.54, 1.807) is 4.90 Å². The summed E-state index contributed by atoms with van der Waals surface area (Å²) in [5.74, 6) is -0.250. The van der Waals surface area contributed by atoms with E-state index in [0.717, 1.165) is 0 Å². The topological polar surface area (TPSA) is 15.3 Å². The summed E-state index contributed by atoms with van der Waals surface area (Å²) in [5.41, 5.74) is 0. The molecule has 1 atom stereocenters. The van der Waals surface area contributed by atoms with Crippen molar-refractivity contribution in [2.75, 3.05) is 7.05 Å². The van der Waals surface area contributed by atoms with Gasteiger partial charge in [-0.2, -0.15) is 4.39 Å². The molecule has 0 fully saturated rings. The van der Waals surface area contributed by atoms with Gasteiger partial charge < -0.3 is 10.2 Å². The van der Waals surface area contributed by atoms with Crippen LogP contribution in [0.2, 0.25) is 0 Å². The molecule has 3 heteroatoms.